The van der Waals surface area contributed by atoms with Crippen LogP contribution in [0.3, 0.4) is 0 Å². The van der Waals surface area contributed by atoms with Gasteiger partial charge in [-0.2, -0.15) is 0 Å². The summed E-state index contributed by atoms with van der Waals surface area (Å²) in [7, 11) is 2.24. The third-order valence-corrected chi connectivity index (χ3v) is 4.30. The summed E-state index contributed by atoms with van der Waals surface area (Å²) in [5, 5.41) is 3.59. The van der Waals surface area contributed by atoms with Crippen LogP contribution in [0.5, 0.6) is 5.75 Å². The molecule has 118 valence electrons. The minimum atomic E-state index is 0.537. The van der Waals surface area contributed by atoms with Gasteiger partial charge in [0.15, 0.2) is 0 Å². The van der Waals surface area contributed by atoms with Crippen molar-refractivity contribution >= 4 is 0 Å². The number of nitrogens with zero attached hydrogens (tertiary/aromatic N) is 1. The maximum Gasteiger partial charge on any atom is 0.119 e. The Morgan fingerprint density at radius 2 is 1.95 bits per heavy atom. The normalized spacial score (nSPS) is 22.6. The van der Waals surface area contributed by atoms with Crippen LogP contribution in [0, 0.1) is 5.92 Å². The molecule has 2 rings (SSSR count). The molecule has 0 amide bonds. The van der Waals surface area contributed by atoms with E-state index >= 15 is 0 Å². The van der Waals surface area contributed by atoms with Crippen LogP contribution < -0.4 is 10.1 Å². The molecule has 1 aromatic rings. The van der Waals surface area contributed by atoms with Crippen LogP contribution in [0.2, 0.25) is 0 Å². The highest BCUT2D eigenvalue weighted by Crippen LogP contribution is 2.36. The van der Waals surface area contributed by atoms with Crippen molar-refractivity contribution in [1.82, 2.24) is 10.2 Å². The predicted molar refractivity (Wildman–Crippen MR) is 88.9 cm³/mol. The van der Waals surface area contributed by atoms with Gasteiger partial charge in [-0.05, 0) is 69.6 Å². The van der Waals surface area contributed by atoms with E-state index in [4.69, 9.17) is 4.74 Å². The number of hydrogen-bond donors (Lipinski definition) is 1. The molecule has 1 saturated heterocycles. The van der Waals surface area contributed by atoms with Gasteiger partial charge in [0.05, 0.1) is 6.61 Å². The van der Waals surface area contributed by atoms with E-state index in [9.17, 15) is 0 Å². The lowest BCUT2D eigenvalue weighted by atomic mass is 9.93. The molecular formula is C18H30N2O. The Labute approximate surface area is 129 Å². The Morgan fingerprint density at radius 3 is 2.62 bits per heavy atom. The topological polar surface area (TPSA) is 24.5 Å². The zero-order valence-electron chi connectivity index (χ0n) is 13.8. The van der Waals surface area contributed by atoms with Crippen LogP contribution in [0.25, 0.3) is 0 Å². The van der Waals surface area contributed by atoms with Crippen LogP contribution in [0.4, 0.5) is 0 Å². The number of benzene rings is 1. The van der Waals surface area contributed by atoms with Crippen molar-refractivity contribution in [2.75, 3.05) is 33.3 Å². The van der Waals surface area contributed by atoms with Gasteiger partial charge in [0.2, 0.25) is 0 Å². The summed E-state index contributed by atoms with van der Waals surface area (Å²) in [6.07, 6.45) is 3.54. The van der Waals surface area contributed by atoms with Crippen molar-refractivity contribution in [3.05, 3.63) is 29.8 Å². The van der Waals surface area contributed by atoms with Crippen LogP contribution in [-0.4, -0.2) is 38.2 Å². The van der Waals surface area contributed by atoms with E-state index in [2.05, 4.69) is 55.4 Å². The SMILES string of the molecule is CCCNCC1CCN(C)C1c1ccc(OCCC)cc1. The monoisotopic (exact) mass is 290 g/mol. The average Bonchev–Trinajstić information content (AvgIpc) is 2.87. The molecule has 2 unspecified atom stereocenters. The summed E-state index contributed by atoms with van der Waals surface area (Å²) in [4.78, 5) is 2.49. The minimum Gasteiger partial charge on any atom is -0.494 e. The first-order valence-electron chi connectivity index (χ1n) is 8.40. The zero-order valence-corrected chi connectivity index (χ0v) is 13.8. The van der Waals surface area contributed by atoms with Crippen molar-refractivity contribution in [3.63, 3.8) is 0 Å². The highest BCUT2D eigenvalue weighted by atomic mass is 16.5. The van der Waals surface area contributed by atoms with Crippen LogP contribution in [-0.2, 0) is 0 Å². The van der Waals surface area contributed by atoms with Crippen LogP contribution in [0.15, 0.2) is 24.3 Å². The van der Waals surface area contributed by atoms with Crippen molar-refractivity contribution in [2.45, 2.75) is 39.2 Å². The second kappa shape index (κ2) is 8.40. The van der Waals surface area contributed by atoms with Gasteiger partial charge < -0.3 is 10.1 Å². The van der Waals surface area contributed by atoms with Crippen molar-refractivity contribution in [1.29, 1.82) is 0 Å². The van der Waals surface area contributed by atoms with E-state index in [1.165, 1.54) is 24.9 Å². The molecule has 0 saturated carbocycles. The first-order chi connectivity index (χ1) is 10.3. The molecule has 1 aliphatic heterocycles. The fraction of sp³-hybridized carbons (Fsp3) is 0.667. The van der Waals surface area contributed by atoms with E-state index in [1.54, 1.807) is 0 Å². The third-order valence-electron chi connectivity index (χ3n) is 4.30. The van der Waals surface area contributed by atoms with E-state index in [-0.39, 0.29) is 0 Å². The Morgan fingerprint density at radius 1 is 1.19 bits per heavy atom. The summed E-state index contributed by atoms with van der Waals surface area (Å²) >= 11 is 0. The molecular weight excluding hydrogens is 260 g/mol. The van der Waals surface area contributed by atoms with E-state index in [0.29, 0.717) is 12.0 Å². The zero-order chi connectivity index (χ0) is 15.1. The van der Waals surface area contributed by atoms with Gasteiger partial charge in [-0.25, -0.2) is 0 Å². The molecule has 2 atom stereocenters. The molecule has 0 aromatic heterocycles. The maximum atomic E-state index is 5.68. The second-order valence-electron chi connectivity index (χ2n) is 6.10. The summed E-state index contributed by atoms with van der Waals surface area (Å²) in [6, 6.07) is 9.25. The first-order valence-corrected chi connectivity index (χ1v) is 8.40. The molecule has 0 radical (unpaired) electrons. The molecule has 3 heteroatoms. The largest absolute Gasteiger partial charge is 0.494 e. The molecule has 1 aromatic carbocycles. The van der Waals surface area contributed by atoms with Gasteiger partial charge in [0, 0.05) is 6.04 Å². The molecule has 1 aliphatic rings. The number of hydrogen-bond acceptors (Lipinski definition) is 3. The molecule has 0 bridgehead atoms. The number of rotatable bonds is 8. The molecule has 1 fully saturated rings. The molecule has 1 N–H and O–H groups in total. The van der Waals surface area contributed by atoms with Crippen molar-refractivity contribution in [2.24, 2.45) is 5.92 Å². The average molecular weight is 290 g/mol. The number of likely N-dealkylation sites (tertiary alicyclic amines) is 1. The highest BCUT2D eigenvalue weighted by Gasteiger charge is 2.32. The lowest BCUT2D eigenvalue weighted by Crippen LogP contribution is -2.28. The molecule has 0 spiro atoms. The van der Waals surface area contributed by atoms with Gasteiger partial charge in [-0.1, -0.05) is 26.0 Å². The van der Waals surface area contributed by atoms with Gasteiger partial charge in [-0.15, -0.1) is 0 Å². The number of ether oxygens (including phenoxy) is 1. The summed E-state index contributed by atoms with van der Waals surface area (Å²) < 4.78 is 5.68. The predicted octanol–water partition coefficient (Wildman–Crippen LogP) is 3.47. The van der Waals surface area contributed by atoms with Crippen LogP contribution >= 0.6 is 0 Å². The maximum absolute atomic E-state index is 5.68. The summed E-state index contributed by atoms with van der Waals surface area (Å²) in [5.74, 6) is 1.70. The van der Waals surface area contributed by atoms with E-state index in [0.717, 1.165) is 31.9 Å². The van der Waals surface area contributed by atoms with Gasteiger partial charge in [0.1, 0.15) is 5.75 Å². The third kappa shape index (κ3) is 4.45. The molecule has 0 aliphatic carbocycles. The van der Waals surface area contributed by atoms with Gasteiger partial charge in [0.25, 0.3) is 0 Å². The van der Waals surface area contributed by atoms with Crippen LogP contribution in [0.1, 0.15) is 44.7 Å². The van der Waals surface area contributed by atoms with Gasteiger partial charge >= 0.3 is 0 Å². The number of nitrogens with one attached hydrogen (secondary N) is 1. The lowest BCUT2D eigenvalue weighted by molar-refractivity contribution is 0.271. The Bertz CT molecular complexity index is 404. The fourth-order valence-electron chi connectivity index (χ4n) is 3.21. The van der Waals surface area contributed by atoms with Crippen molar-refractivity contribution < 1.29 is 4.74 Å². The Hall–Kier alpha value is -1.06. The molecule has 1 heterocycles. The summed E-state index contributed by atoms with van der Waals surface area (Å²) in [6.45, 7) is 8.59. The quantitative estimate of drug-likeness (QED) is 0.742. The Kier molecular flexibility index (Phi) is 6.52. The Balaban J connectivity index is 1.99. The van der Waals surface area contributed by atoms with Gasteiger partial charge in [-0.3, -0.25) is 4.90 Å². The fourth-order valence-corrected chi connectivity index (χ4v) is 3.21. The highest BCUT2D eigenvalue weighted by molar-refractivity contribution is 5.30. The second-order valence-corrected chi connectivity index (χ2v) is 6.10. The standard InChI is InChI=1S/C18H30N2O/c1-4-11-19-14-16-10-12-20(3)18(16)15-6-8-17(9-7-15)21-13-5-2/h6-9,16,18-19H,4-5,10-14H2,1-3H3. The summed E-state index contributed by atoms with van der Waals surface area (Å²) in [5.41, 5.74) is 1.42. The molecule has 3 nitrogen and oxygen atoms in total. The van der Waals surface area contributed by atoms with Crippen molar-refractivity contribution in [3.8, 4) is 5.75 Å². The first kappa shape index (κ1) is 16.3. The smallest absolute Gasteiger partial charge is 0.119 e. The van der Waals surface area contributed by atoms with E-state index < -0.39 is 0 Å². The molecule has 21 heavy (non-hydrogen) atoms. The lowest BCUT2D eigenvalue weighted by Gasteiger charge is -2.26. The van der Waals surface area contributed by atoms with E-state index in [1.807, 2.05) is 0 Å². The minimum absolute atomic E-state index is 0.537.